The summed E-state index contributed by atoms with van der Waals surface area (Å²) in [6.45, 7) is 1.98. The van der Waals surface area contributed by atoms with Crippen molar-refractivity contribution in [2.45, 2.75) is 13.0 Å². The van der Waals surface area contributed by atoms with Crippen LogP contribution in [-0.4, -0.2) is 13.1 Å². The number of nitrogens with one attached hydrogen (secondary N) is 1. The van der Waals surface area contributed by atoms with Gasteiger partial charge in [0.1, 0.15) is 5.76 Å². The summed E-state index contributed by atoms with van der Waals surface area (Å²) in [7, 11) is 1.34. The monoisotopic (exact) mass is 301 g/mol. The first-order valence-electron chi connectivity index (χ1n) is 6.59. The molecule has 4 nitrogen and oxygen atoms in total. The van der Waals surface area contributed by atoms with Crippen LogP contribution in [0.2, 0.25) is 0 Å². The van der Waals surface area contributed by atoms with E-state index < -0.39 is 5.97 Å². The van der Waals surface area contributed by atoms with E-state index in [4.69, 9.17) is 4.42 Å². The van der Waals surface area contributed by atoms with Gasteiger partial charge in [0.2, 0.25) is 5.76 Å². The van der Waals surface area contributed by atoms with E-state index >= 15 is 0 Å². The molecule has 1 N–H and O–H groups in total. The minimum atomic E-state index is -0.465. The first-order chi connectivity index (χ1) is 10.2. The van der Waals surface area contributed by atoms with Gasteiger partial charge in [-0.05, 0) is 54.1 Å². The zero-order chi connectivity index (χ0) is 14.8. The number of ether oxygens (including phenoxy) is 1. The summed E-state index contributed by atoms with van der Waals surface area (Å²) in [5.74, 6) is 0.448. The summed E-state index contributed by atoms with van der Waals surface area (Å²) in [4.78, 5) is 11.4. The van der Waals surface area contributed by atoms with Gasteiger partial charge in [-0.15, -0.1) is 11.3 Å². The Bertz CT molecular complexity index is 775. The highest BCUT2D eigenvalue weighted by atomic mass is 32.1. The number of carbonyl (C=O) groups is 1. The van der Waals surface area contributed by atoms with E-state index in [-0.39, 0.29) is 11.8 Å². The Morgan fingerprint density at radius 1 is 1.29 bits per heavy atom. The highest BCUT2D eigenvalue weighted by molar-refractivity contribution is 7.17. The molecule has 21 heavy (non-hydrogen) atoms. The number of carbonyl (C=O) groups excluding carboxylic acids is 1. The van der Waals surface area contributed by atoms with Gasteiger partial charge in [0.15, 0.2) is 0 Å². The van der Waals surface area contributed by atoms with Crippen molar-refractivity contribution >= 4 is 33.1 Å². The van der Waals surface area contributed by atoms with Crippen molar-refractivity contribution in [1.29, 1.82) is 0 Å². The van der Waals surface area contributed by atoms with Gasteiger partial charge in [0.05, 0.1) is 13.2 Å². The van der Waals surface area contributed by atoms with Gasteiger partial charge in [0, 0.05) is 10.4 Å². The molecule has 2 aromatic heterocycles. The maximum atomic E-state index is 11.4. The van der Waals surface area contributed by atoms with Crippen LogP contribution in [0.25, 0.3) is 10.1 Å². The third kappa shape index (κ3) is 2.78. The lowest BCUT2D eigenvalue weighted by Gasteiger charge is -2.13. The number of esters is 1. The molecular formula is C16H15NO3S. The molecule has 0 bridgehead atoms. The Balaban J connectivity index is 1.77. The van der Waals surface area contributed by atoms with Crippen LogP contribution >= 0.6 is 11.3 Å². The number of benzene rings is 1. The molecule has 5 heteroatoms. The Morgan fingerprint density at radius 3 is 2.95 bits per heavy atom. The third-order valence-corrected chi connectivity index (χ3v) is 4.17. The van der Waals surface area contributed by atoms with Crippen molar-refractivity contribution < 1.29 is 13.9 Å². The Hall–Kier alpha value is -2.27. The number of hydrogen-bond acceptors (Lipinski definition) is 5. The molecule has 1 unspecified atom stereocenters. The summed E-state index contributed by atoms with van der Waals surface area (Å²) < 4.78 is 11.4. The van der Waals surface area contributed by atoms with E-state index in [1.54, 1.807) is 23.5 Å². The lowest BCUT2D eigenvalue weighted by atomic mass is 10.2. The molecule has 2 heterocycles. The first kappa shape index (κ1) is 13.7. The highest BCUT2D eigenvalue weighted by Crippen LogP contribution is 2.27. The van der Waals surface area contributed by atoms with Crippen LogP contribution in [0, 0.1) is 0 Å². The minimum Gasteiger partial charge on any atom is -0.463 e. The molecule has 0 saturated carbocycles. The number of furan rings is 1. The smallest absolute Gasteiger partial charge is 0.373 e. The van der Waals surface area contributed by atoms with Crippen molar-refractivity contribution in [3.8, 4) is 0 Å². The van der Waals surface area contributed by atoms with Crippen LogP contribution in [0.4, 0.5) is 5.69 Å². The summed E-state index contributed by atoms with van der Waals surface area (Å²) in [6.07, 6.45) is 0. The largest absolute Gasteiger partial charge is 0.463 e. The summed E-state index contributed by atoms with van der Waals surface area (Å²) in [5, 5.41) is 6.66. The molecule has 0 fully saturated rings. The molecule has 108 valence electrons. The fourth-order valence-corrected chi connectivity index (χ4v) is 2.94. The van der Waals surface area contributed by atoms with E-state index in [9.17, 15) is 4.79 Å². The molecule has 1 atom stereocenters. The summed E-state index contributed by atoms with van der Waals surface area (Å²) >= 11 is 1.72. The summed E-state index contributed by atoms with van der Waals surface area (Å²) in [6, 6.07) is 11.7. The van der Waals surface area contributed by atoms with E-state index in [0.29, 0.717) is 5.76 Å². The zero-order valence-electron chi connectivity index (χ0n) is 11.8. The molecule has 0 spiro atoms. The van der Waals surface area contributed by atoms with Crippen molar-refractivity contribution in [2.75, 3.05) is 12.4 Å². The average Bonchev–Trinajstić information content (AvgIpc) is 3.14. The number of methoxy groups -OCH3 is 1. The van der Waals surface area contributed by atoms with Crippen LogP contribution in [-0.2, 0) is 4.74 Å². The molecule has 3 aromatic rings. The minimum absolute atomic E-state index is 0.0421. The predicted molar refractivity (Wildman–Crippen MR) is 83.9 cm³/mol. The van der Waals surface area contributed by atoms with Gasteiger partial charge < -0.3 is 14.5 Å². The van der Waals surface area contributed by atoms with E-state index in [2.05, 4.69) is 33.6 Å². The molecule has 0 aliphatic heterocycles. The second-order valence-electron chi connectivity index (χ2n) is 4.73. The molecule has 0 saturated heterocycles. The molecular weight excluding hydrogens is 286 g/mol. The SMILES string of the molecule is COC(=O)c1ccc(C(C)Nc2ccc3sccc3c2)o1. The van der Waals surface area contributed by atoms with Crippen LogP contribution in [0.1, 0.15) is 29.3 Å². The van der Waals surface area contributed by atoms with Gasteiger partial charge in [-0.3, -0.25) is 0 Å². The molecule has 1 aromatic carbocycles. The number of thiophene rings is 1. The van der Waals surface area contributed by atoms with Gasteiger partial charge in [-0.1, -0.05) is 0 Å². The first-order valence-corrected chi connectivity index (χ1v) is 7.47. The Kier molecular flexibility index (Phi) is 3.66. The number of rotatable bonds is 4. The standard InChI is InChI=1S/C16H15NO3S/c1-10(13-4-5-14(20-13)16(18)19-2)17-12-3-6-15-11(9-12)7-8-21-15/h3-10,17H,1-2H3. The molecule has 3 rings (SSSR count). The van der Waals surface area contributed by atoms with Crippen LogP contribution < -0.4 is 5.32 Å². The average molecular weight is 301 g/mol. The van der Waals surface area contributed by atoms with Crippen molar-refractivity contribution in [2.24, 2.45) is 0 Å². The normalized spacial score (nSPS) is 12.3. The Morgan fingerprint density at radius 2 is 2.14 bits per heavy atom. The second-order valence-corrected chi connectivity index (χ2v) is 5.68. The van der Waals surface area contributed by atoms with Crippen molar-refractivity contribution in [3.63, 3.8) is 0 Å². The third-order valence-electron chi connectivity index (χ3n) is 3.28. The maximum Gasteiger partial charge on any atom is 0.373 e. The highest BCUT2D eigenvalue weighted by Gasteiger charge is 2.15. The van der Waals surface area contributed by atoms with Gasteiger partial charge in [-0.2, -0.15) is 0 Å². The van der Waals surface area contributed by atoms with E-state index in [1.165, 1.54) is 17.2 Å². The van der Waals surface area contributed by atoms with Gasteiger partial charge in [-0.25, -0.2) is 4.79 Å². The Labute approximate surface area is 126 Å². The number of anilines is 1. The number of hydrogen-bond donors (Lipinski definition) is 1. The quantitative estimate of drug-likeness (QED) is 0.723. The molecule has 0 radical (unpaired) electrons. The van der Waals surface area contributed by atoms with E-state index in [0.717, 1.165) is 5.69 Å². The topological polar surface area (TPSA) is 51.5 Å². The lowest BCUT2D eigenvalue weighted by molar-refractivity contribution is 0.0562. The van der Waals surface area contributed by atoms with Gasteiger partial charge in [0.25, 0.3) is 0 Å². The molecule has 0 amide bonds. The van der Waals surface area contributed by atoms with Gasteiger partial charge >= 0.3 is 5.97 Å². The number of fused-ring (bicyclic) bond motifs is 1. The van der Waals surface area contributed by atoms with E-state index in [1.807, 2.05) is 13.0 Å². The predicted octanol–water partition coefficient (Wildman–Crippen LogP) is 4.45. The lowest BCUT2D eigenvalue weighted by Crippen LogP contribution is -2.05. The summed E-state index contributed by atoms with van der Waals surface area (Å²) in [5.41, 5.74) is 1.02. The fourth-order valence-electron chi connectivity index (χ4n) is 2.17. The fraction of sp³-hybridized carbons (Fsp3) is 0.188. The maximum absolute atomic E-state index is 11.4. The zero-order valence-corrected chi connectivity index (χ0v) is 12.6. The van der Waals surface area contributed by atoms with Crippen LogP contribution in [0.3, 0.4) is 0 Å². The molecule has 0 aliphatic carbocycles. The van der Waals surface area contributed by atoms with Crippen molar-refractivity contribution in [3.05, 3.63) is 53.3 Å². The van der Waals surface area contributed by atoms with Crippen LogP contribution in [0.5, 0.6) is 0 Å². The molecule has 0 aliphatic rings. The van der Waals surface area contributed by atoms with Crippen LogP contribution in [0.15, 0.2) is 46.2 Å². The second kappa shape index (κ2) is 5.61. The van der Waals surface area contributed by atoms with Crippen molar-refractivity contribution in [1.82, 2.24) is 0 Å².